The standard InChI is InChI=1S/C17H14ClN3S/c1-20(2)13-6-3-11(4-7-13)14-10-21-15-8-5-12(18)9-16(15)22-17(21)19-14/h3-10H,1-2H3. The van der Waals surface area contributed by atoms with E-state index in [1.165, 1.54) is 5.69 Å². The van der Waals surface area contributed by atoms with Crippen molar-refractivity contribution < 1.29 is 0 Å². The molecule has 0 aliphatic rings. The summed E-state index contributed by atoms with van der Waals surface area (Å²) in [6.45, 7) is 0. The van der Waals surface area contributed by atoms with Crippen LogP contribution in [-0.2, 0) is 0 Å². The molecular weight excluding hydrogens is 314 g/mol. The van der Waals surface area contributed by atoms with Gasteiger partial charge in [-0.2, -0.15) is 0 Å². The number of hydrogen-bond donors (Lipinski definition) is 0. The summed E-state index contributed by atoms with van der Waals surface area (Å²) >= 11 is 7.71. The van der Waals surface area contributed by atoms with E-state index in [1.54, 1.807) is 11.3 Å². The van der Waals surface area contributed by atoms with Gasteiger partial charge < -0.3 is 4.90 Å². The third-order valence-corrected chi connectivity index (χ3v) is 4.99. The van der Waals surface area contributed by atoms with E-state index >= 15 is 0 Å². The van der Waals surface area contributed by atoms with Gasteiger partial charge in [-0.05, 0) is 30.3 Å². The van der Waals surface area contributed by atoms with E-state index in [0.717, 1.165) is 31.5 Å². The first-order chi connectivity index (χ1) is 10.6. The van der Waals surface area contributed by atoms with Crippen molar-refractivity contribution in [1.82, 2.24) is 9.38 Å². The third-order valence-electron chi connectivity index (χ3n) is 3.74. The zero-order valence-electron chi connectivity index (χ0n) is 12.2. The predicted molar refractivity (Wildman–Crippen MR) is 95.3 cm³/mol. The fraction of sp³-hybridized carbons (Fsp3) is 0.118. The topological polar surface area (TPSA) is 20.5 Å². The van der Waals surface area contributed by atoms with Crippen LogP contribution >= 0.6 is 22.9 Å². The Kier molecular flexibility index (Phi) is 3.10. The van der Waals surface area contributed by atoms with Crippen LogP contribution in [-0.4, -0.2) is 23.5 Å². The van der Waals surface area contributed by atoms with Gasteiger partial charge in [0.05, 0.1) is 15.9 Å². The second-order valence-electron chi connectivity index (χ2n) is 5.43. The maximum absolute atomic E-state index is 6.05. The summed E-state index contributed by atoms with van der Waals surface area (Å²) in [4.78, 5) is 7.83. The minimum Gasteiger partial charge on any atom is -0.378 e. The molecule has 0 amide bonds. The Labute approximate surface area is 137 Å². The molecule has 2 heterocycles. The lowest BCUT2D eigenvalue weighted by Gasteiger charge is -2.12. The van der Waals surface area contributed by atoms with Crippen molar-refractivity contribution in [2.75, 3.05) is 19.0 Å². The van der Waals surface area contributed by atoms with Crippen LogP contribution in [0.3, 0.4) is 0 Å². The van der Waals surface area contributed by atoms with Gasteiger partial charge in [0, 0.05) is 36.6 Å². The molecule has 4 aromatic rings. The Bertz CT molecular complexity index is 967. The Balaban J connectivity index is 1.82. The largest absolute Gasteiger partial charge is 0.378 e. The summed E-state index contributed by atoms with van der Waals surface area (Å²) in [5.41, 5.74) is 4.45. The van der Waals surface area contributed by atoms with E-state index in [4.69, 9.17) is 16.6 Å². The summed E-state index contributed by atoms with van der Waals surface area (Å²) in [5, 5.41) is 0.761. The fourth-order valence-electron chi connectivity index (χ4n) is 2.54. The van der Waals surface area contributed by atoms with Crippen LogP contribution < -0.4 is 4.90 Å². The minimum atomic E-state index is 0.761. The van der Waals surface area contributed by atoms with E-state index in [-0.39, 0.29) is 0 Å². The third kappa shape index (κ3) is 2.16. The molecule has 0 saturated heterocycles. The molecule has 2 aromatic heterocycles. The summed E-state index contributed by atoms with van der Waals surface area (Å²) in [6.07, 6.45) is 2.09. The molecule has 0 aliphatic carbocycles. The summed E-state index contributed by atoms with van der Waals surface area (Å²) in [6, 6.07) is 14.4. The van der Waals surface area contributed by atoms with Gasteiger partial charge in [0.2, 0.25) is 0 Å². The van der Waals surface area contributed by atoms with Crippen molar-refractivity contribution in [3.05, 3.63) is 53.7 Å². The lowest BCUT2D eigenvalue weighted by atomic mass is 10.1. The molecule has 0 atom stereocenters. The smallest absolute Gasteiger partial charge is 0.195 e. The molecule has 22 heavy (non-hydrogen) atoms. The van der Waals surface area contributed by atoms with E-state index in [1.807, 2.05) is 32.3 Å². The molecule has 0 spiro atoms. The van der Waals surface area contributed by atoms with Crippen LogP contribution in [0.25, 0.3) is 26.4 Å². The molecule has 0 radical (unpaired) electrons. The molecule has 0 N–H and O–H groups in total. The highest BCUT2D eigenvalue weighted by Crippen LogP contribution is 2.31. The second kappa shape index (κ2) is 5.00. The highest BCUT2D eigenvalue weighted by Gasteiger charge is 2.10. The lowest BCUT2D eigenvalue weighted by Crippen LogP contribution is -2.07. The van der Waals surface area contributed by atoms with E-state index in [2.05, 4.69) is 39.8 Å². The maximum atomic E-state index is 6.05. The monoisotopic (exact) mass is 327 g/mol. The van der Waals surface area contributed by atoms with E-state index < -0.39 is 0 Å². The fourth-order valence-corrected chi connectivity index (χ4v) is 3.83. The summed E-state index contributed by atoms with van der Waals surface area (Å²) < 4.78 is 3.29. The van der Waals surface area contributed by atoms with Crippen LogP contribution in [0.15, 0.2) is 48.7 Å². The molecule has 0 aliphatic heterocycles. The molecule has 0 saturated carbocycles. The molecule has 0 fully saturated rings. The van der Waals surface area contributed by atoms with Crippen LogP contribution in [0, 0.1) is 0 Å². The average molecular weight is 328 g/mol. The minimum absolute atomic E-state index is 0.761. The van der Waals surface area contributed by atoms with Crippen LogP contribution in [0.5, 0.6) is 0 Å². The first-order valence-corrected chi connectivity index (χ1v) is 8.16. The number of fused-ring (bicyclic) bond motifs is 3. The van der Waals surface area contributed by atoms with Gasteiger partial charge in [0.1, 0.15) is 0 Å². The number of rotatable bonds is 2. The van der Waals surface area contributed by atoms with Gasteiger partial charge in [-0.25, -0.2) is 4.98 Å². The van der Waals surface area contributed by atoms with Gasteiger partial charge in [0.25, 0.3) is 0 Å². The van der Waals surface area contributed by atoms with Crippen molar-refractivity contribution in [2.45, 2.75) is 0 Å². The van der Waals surface area contributed by atoms with Crippen molar-refractivity contribution >= 4 is 43.8 Å². The van der Waals surface area contributed by atoms with Gasteiger partial charge in [-0.3, -0.25) is 4.40 Å². The van der Waals surface area contributed by atoms with Gasteiger partial charge in [0.15, 0.2) is 4.96 Å². The Morgan fingerprint density at radius 1 is 1.09 bits per heavy atom. The van der Waals surface area contributed by atoms with Crippen LogP contribution in [0.1, 0.15) is 0 Å². The number of imidazole rings is 1. The van der Waals surface area contributed by atoms with Crippen LogP contribution in [0.4, 0.5) is 5.69 Å². The number of nitrogens with zero attached hydrogens (tertiary/aromatic N) is 3. The van der Waals surface area contributed by atoms with Gasteiger partial charge in [-0.1, -0.05) is 35.1 Å². The normalized spacial score (nSPS) is 11.4. The molecule has 0 bridgehead atoms. The Hall–Kier alpha value is -2.04. The predicted octanol–water partition coefficient (Wildman–Crippen LogP) is 4.94. The highest BCUT2D eigenvalue weighted by atomic mass is 35.5. The molecule has 0 unspecified atom stereocenters. The van der Waals surface area contributed by atoms with Crippen molar-refractivity contribution in [1.29, 1.82) is 0 Å². The first kappa shape index (κ1) is 13.6. The second-order valence-corrected chi connectivity index (χ2v) is 6.88. The zero-order valence-corrected chi connectivity index (χ0v) is 13.8. The molecule has 110 valence electrons. The van der Waals surface area contributed by atoms with Crippen molar-refractivity contribution in [2.24, 2.45) is 0 Å². The van der Waals surface area contributed by atoms with Crippen molar-refractivity contribution in [3.63, 3.8) is 0 Å². The number of aromatic nitrogens is 2. The SMILES string of the molecule is CN(C)c1ccc(-c2cn3c(n2)sc2cc(Cl)ccc23)cc1. The van der Waals surface area contributed by atoms with Gasteiger partial charge in [-0.15, -0.1) is 0 Å². The summed E-state index contributed by atoms with van der Waals surface area (Å²) in [7, 11) is 4.08. The number of anilines is 1. The lowest BCUT2D eigenvalue weighted by molar-refractivity contribution is 1.13. The molecule has 2 aromatic carbocycles. The number of hydrogen-bond acceptors (Lipinski definition) is 3. The molecule has 4 rings (SSSR count). The molecule has 3 nitrogen and oxygen atoms in total. The highest BCUT2D eigenvalue weighted by molar-refractivity contribution is 7.23. The maximum Gasteiger partial charge on any atom is 0.195 e. The number of halogens is 1. The van der Waals surface area contributed by atoms with E-state index in [0.29, 0.717) is 0 Å². The zero-order chi connectivity index (χ0) is 15.3. The molecular formula is C17H14ClN3S. The van der Waals surface area contributed by atoms with E-state index in [9.17, 15) is 0 Å². The number of thiazole rings is 1. The summed E-state index contributed by atoms with van der Waals surface area (Å²) in [5.74, 6) is 0. The van der Waals surface area contributed by atoms with Crippen LogP contribution in [0.2, 0.25) is 5.02 Å². The Morgan fingerprint density at radius 2 is 1.86 bits per heavy atom. The molecule has 5 heteroatoms. The number of benzene rings is 2. The quantitative estimate of drug-likeness (QED) is 0.520. The first-order valence-electron chi connectivity index (χ1n) is 6.97. The van der Waals surface area contributed by atoms with Crippen molar-refractivity contribution in [3.8, 4) is 11.3 Å². The van der Waals surface area contributed by atoms with Gasteiger partial charge >= 0.3 is 0 Å². The Morgan fingerprint density at radius 3 is 2.59 bits per heavy atom. The average Bonchev–Trinajstić information content (AvgIpc) is 3.04.